The first kappa shape index (κ1) is 21.9. The third-order valence-electron chi connectivity index (χ3n) is 3.93. The van der Waals surface area contributed by atoms with Gasteiger partial charge in [-0.05, 0) is 18.4 Å². The van der Waals surface area contributed by atoms with Crippen LogP contribution in [0, 0.1) is 5.41 Å². The van der Waals surface area contributed by atoms with Gasteiger partial charge in [-0.25, -0.2) is 0 Å². The zero-order chi connectivity index (χ0) is 20.1. The Kier molecular flexibility index (Phi) is 7.14. The van der Waals surface area contributed by atoms with Gasteiger partial charge in [0.15, 0.2) is 0 Å². The number of ether oxygens (including phenoxy) is 1. The molecular formula is C17H24F3N3O3. The van der Waals surface area contributed by atoms with Gasteiger partial charge >= 0.3 is 6.18 Å². The maximum atomic E-state index is 13.1. The molecule has 0 bridgehead atoms. The topological polar surface area (TPSA) is 80.3 Å². The Hall–Kier alpha value is -2.16. The Morgan fingerprint density at radius 3 is 2.38 bits per heavy atom. The summed E-state index contributed by atoms with van der Waals surface area (Å²) in [6, 6.07) is 0.418. The van der Waals surface area contributed by atoms with Crippen LogP contribution in [0.5, 0.6) is 0 Å². The number of amides is 2. The van der Waals surface area contributed by atoms with Crippen molar-refractivity contribution in [3.8, 4) is 0 Å². The molecule has 1 rings (SSSR count). The molecule has 2 atom stereocenters. The number of methoxy groups -OCH3 is 1. The zero-order valence-electron chi connectivity index (χ0n) is 15.4. The Labute approximate surface area is 150 Å². The second kappa shape index (κ2) is 8.48. The Morgan fingerprint density at radius 1 is 1.27 bits per heavy atom. The van der Waals surface area contributed by atoms with Crippen LogP contribution >= 0.6 is 0 Å². The summed E-state index contributed by atoms with van der Waals surface area (Å²) in [6.45, 7) is 7.03. The van der Waals surface area contributed by atoms with E-state index < -0.39 is 40.8 Å². The highest BCUT2D eigenvalue weighted by atomic mass is 19.4. The first-order valence-corrected chi connectivity index (χ1v) is 8.00. The lowest BCUT2D eigenvalue weighted by Crippen LogP contribution is -2.52. The van der Waals surface area contributed by atoms with Crippen molar-refractivity contribution < 1.29 is 27.5 Å². The average Bonchev–Trinajstić information content (AvgIpc) is 2.55. The van der Waals surface area contributed by atoms with Crippen LogP contribution in [0.1, 0.15) is 43.6 Å². The van der Waals surface area contributed by atoms with Crippen molar-refractivity contribution in [1.82, 2.24) is 15.6 Å². The maximum absolute atomic E-state index is 13.1. The van der Waals surface area contributed by atoms with Crippen LogP contribution in [0.2, 0.25) is 0 Å². The number of nitrogens with one attached hydrogen (secondary N) is 2. The van der Waals surface area contributed by atoms with E-state index in [1.54, 1.807) is 27.7 Å². The van der Waals surface area contributed by atoms with E-state index in [9.17, 15) is 22.8 Å². The van der Waals surface area contributed by atoms with Crippen LogP contribution in [0.25, 0.3) is 0 Å². The molecule has 1 aromatic rings. The monoisotopic (exact) mass is 375 g/mol. The van der Waals surface area contributed by atoms with E-state index in [1.165, 1.54) is 7.11 Å². The highest BCUT2D eigenvalue weighted by Crippen LogP contribution is 2.31. The number of carbonyl (C=O) groups is 2. The molecule has 0 aliphatic carbocycles. The van der Waals surface area contributed by atoms with Gasteiger partial charge in [-0.15, -0.1) is 0 Å². The first-order valence-electron chi connectivity index (χ1n) is 8.00. The molecule has 9 heteroatoms. The third kappa shape index (κ3) is 5.98. The van der Waals surface area contributed by atoms with E-state index in [4.69, 9.17) is 4.74 Å². The number of carbonyl (C=O) groups excluding carboxylic acids is 2. The van der Waals surface area contributed by atoms with Crippen molar-refractivity contribution in [2.45, 2.75) is 46.0 Å². The van der Waals surface area contributed by atoms with Gasteiger partial charge in [0.05, 0.1) is 17.2 Å². The Balaban J connectivity index is 2.97. The molecule has 2 unspecified atom stereocenters. The summed E-state index contributed by atoms with van der Waals surface area (Å²) in [5.74, 6) is -1.26. The van der Waals surface area contributed by atoms with Crippen molar-refractivity contribution >= 4 is 11.8 Å². The van der Waals surface area contributed by atoms with Gasteiger partial charge in [0.1, 0.15) is 6.10 Å². The number of alkyl halides is 3. The molecule has 0 radical (unpaired) electrons. The van der Waals surface area contributed by atoms with Crippen LogP contribution in [-0.2, 0) is 15.7 Å². The molecule has 146 valence electrons. The number of aromatic nitrogens is 1. The summed E-state index contributed by atoms with van der Waals surface area (Å²) in [6.07, 6.45) is -3.63. The molecule has 1 heterocycles. The van der Waals surface area contributed by atoms with Crippen LogP contribution in [0.4, 0.5) is 13.2 Å². The molecule has 0 aliphatic rings. The molecule has 0 spiro atoms. The molecule has 6 nitrogen and oxygen atoms in total. The summed E-state index contributed by atoms with van der Waals surface area (Å²) in [4.78, 5) is 27.7. The van der Waals surface area contributed by atoms with Gasteiger partial charge in [0.25, 0.3) is 5.91 Å². The number of hydrogen-bond donors (Lipinski definition) is 2. The number of pyridine rings is 1. The quantitative estimate of drug-likeness (QED) is 0.800. The minimum absolute atomic E-state index is 0.0498. The lowest BCUT2D eigenvalue weighted by molar-refractivity contribution is -0.138. The van der Waals surface area contributed by atoms with Crippen LogP contribution in [0.3, 0.4) is 0 Å². The van der Waals surface area contributed by atoms with Gasteiger partial charge < -0.3 is 15.4 Å². The molecule has 0 saturated heterocycles. The summed E-state index contributed by atoms with van der Waals surface area (Å²) in [7, 11) is 1.38. The van der Waals surface area contributed by atoms with E-state index in [0.29, 0.717) is 6.20 Å². The average molecular weight is 375 g/mol. The highest BCUT2D eigenvalue weighted by Gasteiger charge is 2.36. The van der Waals surface area contributed by atoms with Crippen molar-refractivity contribution in [3.05, 3.63) is 29.6 Å². The number of rotatable bonds is 6. The molecule has 0 fully saturated rings. The normalized spacial score (nSPS) is 14.5. The van der Waals surface area contributed by atoms with E-state index in [1.807, 2.05) is 0 Å². The van der Waals surface area contributed by atoms with E-state index in [0.717, 1.165) is 12.3 Å². The SMILES string of the molecule is COC(C)C(=O)NCC(NC(=O)c1ccncc1C(F)(F)F)C(C)(C)C. The number of halogens is 3. The van der Waals surface area contributed by atoms with Gasteiger partial charge in [-0.3, -0.25) is 14.6 Å². The van der Waals surface area contributed by atoms with E-state index >= 15 is 0 Å². The highest BCUT2D eigenvalue weighted by molar-refractivity contribution is 5.96. The summed E-state index contributed by atoms with van der Waals surface area (Å²) < 4.78 is 44.1. The minimum atomic E-state index is -4.69. The van der Waals surface area contributed by atoms with Gasteiger partial charge in [0.2, 0.25) is 5.91 Å². The van der Waals surface area contributed by atoms with Crippen LogP contribution in [0.15, 0.2) is 18.5 Å². The summed E-state index contributed by atoms with van der Waals surface area (Å²) in [5.41, 5.74) is -2.13. The fourth-order valence-corrected chi connectivity index (χ4v) is 2.08. The Morgan fingerprint density at radius 2 is 1.88 bits per heavy atom. The first-order chi connectivity index (χ1) is 11.9. The van der Waals surface area contributed by atoms with Crippen LogP contribution < -0.4 is 10.6 Å². The lowest BCUT2D eigenvalue weighted by atomic mass is 9.86. The van der Waals surface area contributed by atoms with Crippen molar-refractivity contribution in [1.29, 1.82) is 0 Å². The number of hydrogen-bond acceptors (Lipinski definition) is 4. The van der Waals surface area contributed by atoms with Crippen molar-refractivity contribution in [3.63, 3.8) is 0 Å². The molecule has 0 aliphatic heterocycles. The smallest absolute Gasteiger partial charge is 0.372 e. The fourth-order valence-electron chi connectivity index (χ4n) is 2.08. The maximum Gasteiger partial charge on any atom is 0.418 e. The summed E-state index contributed by atoms with van der Waals surface area (Å²) >= 11 is 0. The zero-order valence-corrected chi connectivity index (χ0v) is 15.4. The van der Waals surface area contributed by atoms with Gasteiger partial charge in [-0.1, -0.05) is 20.8 Å². The largest absolute Gasteiger partial charge is 0.418 e. The summed E-state index contributed by atoms with van der Waals surface area (Å²) in [5, 5.41) is 5.20. The van der Waals surface area contributed by atoms with E-state index in [-0.39, 0.29) is 12.5 Å². The molecular weight excluding hydrogens is 351 g/mol. The Bertz CT molecular complexity index is 642. The molecule has 2 amide bonds. The predicted molar refractivity (Wildman–Crippen MR) is 89.4 cm³/mol. The molecule has 26 heavy (non-hydrogen) atoms. The van der Waals surface area contributed by atoms with Crippen molar-refractivity contribution in [2.75, 3.05) is 13.7 Å². The molecule has 2 N–H and O–H groups in total. The van der Waals surface area contributed by atoms with Crippen LogP contribution in [-0.4, -0.2) is 42.6 Å². The third-order valence-corrected chi connectivity index (χ3v) is 3.93. The van der Waals surface area contributed by atoms with Crippen molar-refractivity contribution in [2.24, 2.45) is 5.41 Å². The standard InChI is InChI=1S/C17H24F3N3O3/c1-10(26-5)14(24)22-9-13(16(2,3)4)23-15(25)11-6-7-21-8-12(11)17(18,19)20/h6-8,10,13H,9H2,1-5H3,(H,22,24)(H,23,25). The number of nitrogens with zero attached hydrogens (tertiary/aromatic N) is 1. The lowest BCUT2D eigenvalue weighted by Gasteiger charge is -2.32. The molecule has 0 aromatic carbocycles. The fraction of sp³-hybridized carbons (Fsp3) is 0.588. The molecule has 0 saturated carbocycles. The predicted octanol–water partition coefficient (Wildman–Crippen LogP) is 2.40. The van der Waals surface area contributed by atoms with Gasteiger partial charge in [-0.2, -0.15) is 13.2 Å². The van der Waals surface area contributed by atoms with Gasteiger partial charge in [0, 0.05) is 26.0 Å². The second-order valence-corrected chi connectivity index (χ2v) is 6.93. The minimum Gasteiger partial charge on any atom is -0.372 e. The van der Waals surface area contributed by atoms with E-state index in [2.05, 4.69) is 15.6 Å². The second-order valence-electron chi connectivity index (χ2n) is 6.93. The molecule has 1 aromatic heterocycles.